The molecule has 0 bridgehead atoms. The van der Waals surface area contributed by atoms with Crippen molar-refractivity contribution >= 4 is 56.4 Å². The summed E-state index contributed by atoms with van der Waals surface area (Å²) in [5, 5.41) is 15.5. The number of halogens is 2. The molecule has 0 spiro atoms. The highest BCUT2D eigenvalue weighted by Gasteiger charge is 2.45. The molecule has 2 aliphatic rings. The quantitative estimate of drug-likeness (QED) is 0.141. The van der Waals surface area contributed by atoms with E-state index in [0.717, 1.165) is 30.4 Å². The highest BCUT2D eigenvalue weighted by Crippen LogP contribution is 2.43. The van der Waals surface area contributed by atoms with Crippen molar-refractivity contribution in [2.75, 3.05) is 23.4 Å². The van der Waals surface area contributed by atoms with Crippen LogP contribution in [0.1, 0.15) is 69.6 Å². The van der Waals surface area contributed by atoms with Crippen LogP contribution < -0.4 is 15.4 Å². The molecule has 0 aromatic heterocycles. The van der Waals surface area contributed by atoms with E-state index in [0.29, 0.717) is 39.7 Å². The molecule has 2 fully saturated rings. The van der Waals surface area contributed by atoms with Crippen LogP contribution >= 0.6 is 11.6 Å². The molecule has 1 aliphatic carbocycles. The second-order valence-corrected chi connectivity index (χ2v) is 18.0. The number of hydrogen-bond donors (Lipinski definition) is 3. The number of benzene rings is 3. The molecule has 272 valence electrons. The Bertz CT molecular complexity index is 1920. The topological polar surface area (TPSA) is 164 Å². The molecular formula is C36H41ClFN5O6S2. The molecule has 3 N–H and O–H groups in total. The number of carbonyl (C=O) groups excluding carboxylic acids is 2. The minimum Gasteiger partial charge on any atom is -0.598 e. The number of urea groups is 1. The molecule has 15 heteroatoms. The number of anilines is 2. The minimum absolute atomic E-state index is 0.174. The van der Waals surface area contributed by atoms with Gasteiger partial charge in [-0.25, -0.2) is 9.18 Å². The smallest absolute Gasteiger partial charge is 0.322 e. The molecule has 5 rings (SSSR count). The maximum absolute atomic E-state index is 15.6. The Balaban J connectivity index is 1.51. The van der Waals surface area contributed by atoms with Gasteiger partial charge in [-0.15, -0.1) is 4.72 Å². The van der Waals surface area contributed by atoms with Crippen LogP contribution in [0.25, 0.3) is 0 Å². The summed E-state index contributed by atoms with van der Waals surface area (Å²) in [6.07, 6.45) is 3.05. The average molecular weight is 758 g/mol. The normalized spacial score (nSPS) is 19.5. The van der Waals surface area contributed by atoms with E-state index in [1.807, 2.05) is 26.8 Å². The van der Waals surface area contributed by atoms with E-state index in [-0.39, 0.29) is 18.7 Å². The zero-order chi connectivity index (χ0) is 37.1. The number of nitriles is 1. The average Bonchev–Trinajstić information content (AvgIpc) is 3.81. The predicted octanol–water partition coefficient (Wildman–Crippen LogP) is 6.43. The van der Waals surface area contributed by atoms with Gasteiger partial charge in [-0.2, -0.15) is 13.7 Å². The lowest BCUT2D eigenvalue weighted by Gasteiger charge is -2.39. The fraction of sp³-hybridized carbons (Fsp3) is 0.417. The lowest BCUT2D eigenvalue weighted by molar-refractivity contribution is -0.119. The molecular weight excluding hydrogens is 717 g/mol. The van der Waals surface area contributed by atoms with E-state index in [2.05, 4.69) is 21.4 Å². The highest BCUT2D eigenvalue weighted by atomic mass is 35.5. The maximum Gasteiger partial charge on any atom is 0.322 e. The number of hydrogen-bond acceptors (Lipinski definition) is 8. The molecule has 3 aromatic rings. The third kappa shape index (κ3) is 9.79. The van der Waals surface area contributed by atoms with Gasteiger partial charge in [0.2, 0.25) is 5.91 Å². The third-order valence-electron chi connectivity index (χ3n) is 8.88. The highest BCUT2D eigenvalue weighted by molar-refractivity contribution is 7.90. The Morgan fingerprint density at radius 1 is 1.08 bits per heavy atom. The molecule has 1 heterocycles. The van der Waals surface area contributed by atoms with Gasteiger partial charge >= 0.3 is 6.03 Å². The van der Waals surface area contributed by atoms with Crippen molar-refractivity contribution in [1.82, 2.24) is 9.62 Å². The molecule has 1 saturated heterocycles. The second kappa shape index (κ2) is 15.5. The first-order chi connectivity index (χ1) is 24.0. The molecule has 1 saturated carbocycles. The van der Waals surface area contributed by atoms with Crippen LogP contribution in [0, 0.1) is 23.1 Å². The number of amides is 3. The Labute approximate surface area is 306 Å². The van der Waals surface area contributed by atoms with Crippen LogP contribution in [0.5, 0.6) is 0 Å². The van der Waals surface area contributed by atoms with Crippen LogP contribution in [0.2, 0.25) is 5.02 Å². The van der Waals surface area contributed by atoms with E-state index < -0.39 is 61.7 Å². The first-order valence-electron chi connectivity index (χ1n) is 16.5. The number of likely N-dealkylation sites (tertiary alicyclic amines) is 1. The van der Waals surface area contributed by atoms with Crippen LogP contribution in [0.3, 0.4) is 0 Å². The molecule has 4 atom stereocenters. The van der Waals surface area contributed by atoms with E-state index >= 15 is 4.39 Å². The largest absolute Gasteiger partial charge is 0.598 e. The maximum atomic E-state index is 15.6. The lowest BCUT2D eigenvalue weighted by Crippen LogP contribution is -2.52. The van der Waals surface area contributed by atoms with Crippen molar-refractivity contribution < 1.29 is 31.1 Å². The van der Waals surface area contributed by atoms with Crippen molar-refractivity contribution in [2.45, 2.75) is 75.3 Å². The molecule has 0 radical (unpaired) electrons. The summed E-state index contributed by atoms with van der Waals surface area (Å²) in [6, 6.07) is 17.7. The molecule has 11 nitrogen and oxygen atoms in total. The van der Waals surface area contributed by atoms with Crippen LogP contribution in [-0.4, -0.2) is 59.5 Å². The van der Waals surface area contributed by atoms with Gasteiger partial charge in [0.05, 0.1) is 36.2 Å². The first kappa shape index (κ1) is 38.5. The Morgan fingerprint density at radius 3 is 2.39 bits per heavy atom. The summed E-state index contributed by atoms with van der Waals surface area (Å²) in [5.74, 6) is -1.05. The summed E-state index contributed by atoms with van der Waals surface area (Å²) in [4.78, 5) is 28.5. The van der Waals surface area contributed by atoms with E-state index in [1.165, 1.54) is 12.1 Å². The summed E-state index contributed by atoms with van der Waals surface area (Å²) in [7, 11) is -3.93. The van der Waals surface area contributed by atoms with E-state index in [1.54, 1.807) is 48.5 Å². The Hall–Kier alpha value is -3.71. The fourth-order valence-corrected chi connectivity index (χ4v) is 7.76. The van der Waals surface area contributed by atoms with Crippen molar-refractivity contribution in [3.8, 4) is 6.07 Å². The third-order valence-corrected chi connectivity index (χ3v) is 11.4. The number of nitrogens with zero attached hydrogens (tertiary/aromatic N) is 2. The van der Waals surface area contributed by atoms with E-state index in [4.69, 9.17) is 15.8 Å². The van der Waals surface area contributed by atoms with E-state index in [9.17, 15) is 27.8 Å². The summed E-state index contributed by atoms with van der Waals surface area (Å²) in [6.45, 7) is 5.28. The van der Waals surface area contributed by atoms with Gasteiger partial charge < -0.3 is 20.1 Å². The van der Waals surface area contributed by atoms with Crippen LogP contribution in [-0.2, 0) is 36.0 Å². The fourth-order valence-electron chi connectivity index (χ4n) is 6.04. The number of nitrogens with one attached hydrogen (secondary N) is 3. The zero-order valence-corrected chi connectivity index (χ0v) is 31.1. The molecule has 3 aromatic carbocycles. The number of carbonyl (C=O) groups is 2. The molecule has 51 heavy (non-hydrogen) atoms. The summed E-state index contributed by atoms with van der Waals surface area (Å²) in [5.41, 5.74) is 0.607. The van der Waals surface area contributed by atoms with Crippen LogP contribution in [0.4, 0.5) is 20.6 Å². The van der Waals surface area contributed by atoms with Gasteiger partial charge in [0, 0.05) is 28.5 Å². The van der Waals surface area contributed by atoms with Gasteiger partial charge in [-0.1, -0.05) is 42.6 Å². The summed E-state index contributed by atoms with van der Waals surface area (Å²) < 4.78 is 61.2. The number of rotatable bonds is 12. The van der Waals surface area contributed by atoms with Crippen LogP contribution in [0.15, 0.2) is 66.7 Å². The van der Waals surface area contributed by atoms with Crippen molar-refractivity contribution in [3.63, 3.8) is 0 Å². The monoisotopic (exact) mass is 757 g/mol. The Morgan fingerprint density at radius 2 is 1.76 bits per heavy atom. The van der Waals surface area contributed by atoms with Crippen molar-refractivity contribution in [2.24, 2.45) is 5.92 Å². The second-order valence-electron chi connectivity index (χ2n) is 14.0. The molecule has 3 amide bonds. The Kier molecular flexibility index (Phi) is 11.7. The van der Waals surface area contributed by atoms with Gasteiger partial charge in [0.25, 0.3) is 10.1 Å². The van der Waals surface area contributed by atoms with Gasteiger partial charge in [-0.3, -0.25) is 8.98 Å². The van der Waals surface area contributed by atoms with Gasteiger partial charge in [0.15, 0.2) is 0 Å². The standard InChI is InChI=1S/C36H41ClFN5O6S2/c1-35(2,3)50(46)42-36(17-16-23-8-9-23,25-7-5-6-24(18-25)21-39)26-10-15-30(38)31(19-26)41-33(44)32-20-29(49-51(4,47)48)22-43(32)34(45)40-28-13-11-27(37)12-14-28/h5-7,10-15,18-19,23,29,32,42H,8-9,16-17,20,22H2,1-4H3,(H,40,45)(H,41,44)/t29?,32?,36?,50-/m1/s1. The predicted molar refractivity (Wildman–Crippen MR) is 195 cm³/mol. The molecule has 3 unspecified atom stereocenters. The van der Waals surface area contributed by atoms with Gasteiger partial charge in [-0.05, 0) is 99.2 Å². The summed E-state index contributed by atoms with van der Waals surface area (Å²) >= 11 is 4.35. The zero-order valence-electron chi connectivity index (χ0n) is 28.7. The molecule has 1 aliphatic heterocycles. The minimum atomic E-state index is -3.93. The SMILES string of the molecule is CC(C)(C)[S@@+]([O-])NC(CCC1CC1)(c1cccc(C#N)c1)c1ccc(F)c(NC(=O)C2CC(OS(C)(=O)=O)CN2C(=O)Nc2ccc(Cl)cc2)c1. The first-order valence-corrected chi connectivity index (χ1v) is 19.8. The van der Waals surface area contributed by atoms with Gasteiger partial charge in [0.1, 0.15) is 22.1 Å². The van der Waals surface area contributed by atoms with Crippen molar-refractivity contribution in [3.05, 3.63) is 94.3 Å². The lowest BCUT2D eigenvalue weighted by atomic mass is 9.79. The van der Waals surface area contributed by atoms with Crippen molar-refractivity contribution in [1.29, 1.82) is 5.26 Å².